The van der Waals surface area contributed by atoms with Gasteiger partial charge in [-0.1, -0.05) is 6.07 Å². The summed E-state index contributed by atoms with van der Waals surface area (Å²) in [7, 11) is 0. The maximum absolute atomic E-state index is 13.4. The lowest BCUT2D eigenvalue weighted by molar-refractivity contribution is 0.0697. The van der Waals surface area contributed by atoms with Gasteiger partial charge in [0.05, 0.1) is 11.3 Å². The van der Waals surface area contributed by atoms with Gasteiger partial charge in [-0.2, -0.15) is 11.8 Å². The van der Waals surface area contributed by atoms with Crippen molar-refractivity contribution < 1.29 is 19.1 Å². The van der Waals surface area contributed by atoms with Gasteiger partial charge in [0.1, 0.15) is 5.82 Å². The third kappa shape index (κ3) is 3.92. The molecule has 0 spiro atoms. The first-order chi connectivity index (χ1) is 8.56. The number of carboxylic acid groups (broad SMARTS) is 1. The average molecular weight is 272 g/mol. The zero-order valence-corrected chi connectivity index (χ0v) is 10.5. The van der Waals surface area contributed by atoms with Gasteiger partial charge in [-0.05, 0) is 18.4 Å². The number of rotatable bonds is 5. The van der Waals surface area contributed by atoms with Crippen LogP contribution in [0.4, 0.5) is 14.9 Å². The second kappa shape index (κ2) is 6.85. The van der Waals surface area contributed by atoms with E-state index in [1.165, 1.54) is 12.1 Å². The number of benzene rings is 1. The lowest BCUT2D eigenvalue weighted by Gasteiger charge is -2.10. The van der Waals surface area contributed by atoms with E-state index in [0.29, 0.717) is 6.54 Å². The maximum atomic E-state index is 13.4. The molecule has 0 unspecified atom stereocenters. The number of para-hydroxylation sites is 1. The van der Waals surface area contributed by atoms with E-state index in [9.17, 15) is 14.0 Å². The minimum atomic E-state index is -1.30. The number of anilines is 1. The Kier molecular flexibility index (Phi) is 5.44. The first-order valence-corrected chi connectivity index (χ1v) is 6.51. The number of halogens is 1. The molecule has 3 N–H and O–H groups in total. The number of hydrogen-bond donors (Lipinski definition) is 3. The fourth-order valence-electron chi connectivity index (χ4n) is 1.25. The summed E-state index contributed by atoms with van der Waals surface area (Å²) < 4.78 is 13.4. The molecule has 0 aromatic heterocycles. The number of hydrogen-bond acceptors (Lipinski definition) is 3. The van der Waals surface area contributed by atoms with Crippen LogP contribution < -0.4 is 10.6 Å². The first-order valence-electron chi connectivity index (χ1n) is 5.12. The fraction of sp³-hybridized carbons (Fsp3) is 0.273. The summed E-state index contributed by atoms with van der Waals surface area (Å²) in [6, 6.07) is 2.96. The number of amides is 2. The summed E-state index contributed by atoms with van der Waals surface area (Å²) in [6.07, 6.45) is 1.89. The second-order valence-corrected chi connectivity index (χ2v) is 4.33. The normalized spacial score (nSPS) is 9.89. The summed E-state index contributed by atoms with van der Waals surface area (Å²) in [5.41, 5.74) is -0.610. The van der Waals surface area contributed by atoms with Crippen LogP contribution in [0.5, 0.6) is 0 Å². The molecule has 0 aliphatic heterocycles. The molecular formula is C11H13FN2O3S. The predicted octanol–water partition coefficient (Wildman–Crippen LogP) is 2.01. The highest BCUT2D eigenvalue weighted by molar-refractivity contribution is 7.98. The molecule has 0 heterocycles. The Morgan fingerprint density at radius 1 is 1.44 bits per heavy atom. The molecule has 0 saturated heterocycles. The molecule has 7 heteroatoms. The average Bonchev–Trinajstić information content (AvgIpc) is 2.31. The SMILES string of the molecule is CSCCNC(=O)Nc1c(F)cccc1C(=O)O. The fourth-order valence-corrected chi connectivity index (χ4v) is 1.56. The van der Waals surface area contributed by atoms with E-state index in [1.807, 2.05) is 6.26 Å². The van der Waals surface area contributed by atoms with Gasteiger partial charge >= 0.3 is 12.0 Å². The summed E-state index contributed by atoms with van der Waals surface area (Å²) in [5, 5.41) is 13.6. The molecule has 1 aromatic carbocycles. The summed E-state index contributed by atoms with van der Waals surface area (Å²) in [5.74, 6) is -1.36. The second-order valence-electron chi connectivity index (χ2n) is 3.34. The molecule has 0 fully saturated rings. The highest BCUT2D eigenvalue weighted by Gasteiger charge is 2.16. The highest BCUT2D eigenvalue weighted by Crippen LogP contribution is 2.19. The van der Waals surface area contributed by atoms with Crippen LogP contribution in [0.2, 0.25) is 0 Å². The highest BCUT2D eigenvalue weighted by atomic mass is 32.2. The standard InChI is InChI=1S/C11H13FN2O3S/c1-18-6-5-13-11(17)14-9-7(10(15)16)3-2-4-8(9)12/h2-4H,5-6H2,1H3,(H,15,16)(H2,13,14,17). The molecule has 2 amide bonds. The van der Waals surface area contributed by atoms with Gasteiger partial charge in [0.15, 0.2) is 0 Å². The first kappa shape index (κ1) is 14.3. The van der Waals surface area contributed by atoms with Gasteiger partial charge in [-0.15, -0.1) is 0 Å². The molecule has 1 aromatic rings. The van der Waals surface area contributed by atoms with Crippen molar-refractivity contribution >= 4 is 29.4 Å². The van der Waals surface area contributed by atoms with Gasteiger partial charge in [-0.3, -0.25) is 0 Å². The summed E-state index contributed by atoms with van der Waals surface area (Å²) >= 11 is 1.55. The van der Waals surface area contributed by atoms with Gasteiger partial charge in [0.25, 0.3) is 0 Å². The van der Waals surface area contributed by atoms with Crippen LogP contribution in [0.3, 0.4) is 0 Å². The van der Waals surface area contributed by atoms with Gasteiger partial charge in [0.2, 0.25) is 0 Å². The Hall–Kier alpha value is -1.76. The monoisotopic (exact) mass is 272 g/mol. The molecule has 98 valence electrons. The van der Waals surface area contributed by atoms with Crippen molar-refractivity contribution in [1.82, 2.24) is 5.32 Å². The predicted molar refractivity (Wildman–Crippen MR) is 68.8 cm³/mol. The summed E-state index contributed by atoms with van der Waals surface area (Å²) in [6.45, 7) is 0.420. The third-order valence-corrected chi connectivity index (χ3v) is 2.69. The number of carboxylic acids is 1. The molecule has 0 saturated carbocycles. The van der Waals surface area contributed by atoms with E-state index in [0.717, 1.165) is 11.8 Å². The lowest BCUT2D eigenvalue weighted by atomic mass is 10.1. The van der Waals surface area contributed by atoms with E-state index >= 15 is 0 Å². The van der Waals surface area contributed by atoms with Gasteiger partial charge < -0.3 is 15.7 Å². The quantitative estimate of drug-likeness (QED) is 0.716. The van der Waals surface area contributed by atoms with Crippen LogP contribution in [0.15, 0.2) is 18.2 Å². The van der Waals surface area contributed by atoms with E-state index in [-0.39, 0.29) is 11.3 Å². The molecule has 1 rings (SSSR count). The maximum Gasteiger partial charge on any atom is 0.337 e. The zero-order valence-electron chi connectivity index (χ0n) is 9.70. The Balaban J connectivity index is 2.77. The Morgan fingerprint density at radius 2 is 2.17 bits per heavy atom. The van der Waals surface area contributed by atoms with Crippen LogP contribution in [-0.2, 0) is 0 Å². The van der Waals surface area contributed by atoms with Crippen LogP contribution in [0.1, 0.15) is 10.4 Å². The van der Waals surface area contributed by atoms with Crippen molar-refractivity contribution in [3.8, 4) is 0 Å². The van der Waals surface area contributed by atoms with Gasteiger partial charge in [-0.25, -0.2) is 14.0 Å². The van der Waals surface area contributed by atoms with Crippen molar-refractivity contribution in [2.45, 2.75) is 0 Å². The topological polar surface area (TPSA) is 78.4 Å². The van der Waals surface area contributed by atoms with E-state index < -0.39 is 17.8 Å². The van der Waals surface area contributed by atoms with Gasteiger partial charge in [0, 0.05) is 12.3 Å². The van der Waals surface area contributed by atoms with Crippen molar-refractivity contribution in [3.63, 3.8) is 0 Å². The molecule has 0 bridgehead atoms. The van der Waals surface area contributed by atoms with E-state index in [2.05, 4.69) is 10.6 Å². The number of aromatic carboxylic acids is 1. The Morgan fingerprint density at radius 3 is 2.78 bits per heavy atom. The number of carbonyl (C=O) groups excluding carboxylic acids is 1. The minimum absolute atomic E-state index is 0.282. The van der Waals surface area contributed by atoms with Crippen LogP contribution in [0.25, 0.3) is 0 Å². The minimum Gasteiger partial charge on any atom is -0.478 e. The molecule has 0 aliphatic carbocycles. The van der Waals surface area contributed by atoms with E-state index in [1.54, 1.807) is 11.8 Å². The molecular weight excluding hydrogens is 259 g/mol. The van der Waals surface area contributed by atoms with Crippen LogP contribution >= 0.6 is 11.8 Å². The van der Waals surface area contributed by atoms with Crippen molar-refractivity contribution in [2.24, 2.45) is 0 Å². The molecule has 0 aliphatic rings. The molecule has 5 nitrogen and oxygen atoms in total. The third-order valence-electron chi connectivity index (χ3n) is 2.07. The molecule has 0 atom stereocenters. The van der Waals surface area contributed by atoms with Crippen molar-refractivity contribution in [1.29, 1.82) is 0 Å². The number of carbonyl (C=O) groups is 2. The number of nitrogens with one attached hydrogen (secondary N) is 2. The number of urea groups is 1. The van der Waals surface area contributed by atoms with Crippen LogP contribution in [0, 0.1) is 5.82 Å². The Bertz CT molecular complexity index is 454. The smallest absolute Gasteiger partial charge is 0.337 e. The van der Waals surface area contributed by atoms with Crippen molar-refractivity contribution in [3.05, 3.63) is 29.6 Å². The molecule has 0 radical (unpaired) electrons. The largest absolute Gasteiger partial charge is 0.478 e. The number of thioether (sulfide) groups is 1. The summed E-state index contributed by atoms with van der Waals surface area (Å²) in [4.78, 5) is 22.3. The van der Waals surface area contributed by atoms with E-state index in [4.69, 9.17) is 5.11 Å². The Labute approximate surface area is 108 Å². The zero-order chi connectivity index (χ0) is 13.5. The van der Waals surface area contributed by atoms with Crippen LogP contribution in [-0.4, -0.2) is 35.7 Å². The van der Waals surface area contributed by atoms with Crippen molar-refractivity contribution in [2.75, 3.05) is 23.9 Å². The molecule has 18 heavy (non-hydrogen) atoms. The lowest BCUT2D eigenvalue weighted by Crippen LogP contribution is -2.31.